The quantitative estimate of drug-likeness (QED) is 0.521. The predicted octanol–water partition coefficient (Wildman–Crippen LogP) is 3.06. The van der Waals surface area contributed by atoms with E-state index < -0.39 is 23.9 Å². The normalized spacial score (nSPS) is 14.5. The summed E-state index contributed by atoms with van der Waals surface area (Å²) in [5.74, 6) is -0.104. The van der Waals surface area contributed by atoms with Crippen LogP contribution in [0.25, 0.3) is 0 Å². The maximum Gasteiger partial charge on any atom is 0.391 e. The third-order valence-corrected chi connectivity index (χ3v) is 7.29. The minimum absolute atomic E-state index is 0.0128. The molecule has 0 aliphatic rings. The maximum absolute atomic E-state index is 12.0. The molecule has 1 unspecified atom stereocenters. The highest BCUT2D eigenvalue weighted by Gasteiger charge is 2.27. The van der Waals surface area contributed by atoms with Crippen molar-refractivity contribution in [2.24, 2.45) is 0 Å². The van der Waals surface area contributed by atoms with Gasteiger partial charge in [0.15, 0.2) is 10.9 Å². The third-order valence-electron chi connectivity index (χ3n) is 2.23. The van der Waals surface area contributed by atoms with E-state index in [4.69, 9.17) is 16.1 Å². The van der Waals surface area contributed by atoms with Gasteiger partial charge in [-0.25, -0.2) is 18.0 Å². The molecular weight excluding hydrogens is 439 g/mol. The van der Waals surface area contributed by atoms with Crippen LogP contribution in [0.3, 0.4) is 0 Å². The molecule has 0 amide bonds. The molecule has 0 radical (unpaired) electrons. The molecule has 2 aromatic rings. The Balaban J connectivity index is 2.07. The lowest BCUT2D eigenvalue weighted by Gasteiger charge is -2.14. The molecule has 120 valence electrons. The van der Waals surface area contributed by atoms with Crippen LogP contribution < -0.4 is 9.25 Å². The summed E-state index contributed by atoms with van der Waals surface area (Å²) < 4.78 is 43.4. The number of aromatic nitrogens is 1. The fourth-order valence-corrected chi connectivity index (χ4v) is 6.08. The topological polar surface area (TPSA) is 106 Å². The van der Waals surface area contributed by atoms with Crippen molar-refractivity contribution in [3.05, 3.63) is 39.4 Å². The van der Waals surface area contributed by atoms with Crippen molar-refractivity contribution in [2.45, 2.75) is 4.21 Å². The monoisotopic (exact) mass is 446 g/mol. The molecule has 22 heavy (non-hydrogen) atoms. The molecule has 2 heterocycles. The van der Waals surface area contributed by atoms with Crippen molar-refractivity contribution in [2.75, 3.05) is 6.29 Å². The Hall–Kier alpha value is -0.480. The maximum atomic E-state index is 12.0. The molecule has 2 rings (SSSR count). The van der Waals surface area contributed by atoms with Gasteiger partial charge < -0.3 is 9.42 Å². The van der Waals surface area contributed by atoms with E-state index >= 15 is 0 Å². The highest BCUT2D eigenvalue weighted by molar-refractivity contribution is 9.11. The fraction of sp³-hybridized carbons (Fsp3) is 0.100. The highest BCUT2D eigenvalue weighted by Crippen LogP contribution is 2.43. The molecule has 0 fully saturated rings. The zero-order valence-corrected chi connectivity index (χ0v) is 15.5. The summed E-state index contributed by atoms with van der Waals surface area (Å²) in [7, 11) is -8.17. The smallest absolute Gasteiger partial charge is 0.391 e. The molecule has 12 heteroatoms. The Bertz CT molecular complexity index is 828. The minimum atomic E-state index is -4.27. The zero-order chi connectivity index (χ0) is 16.4. The highest BCUT2D eigenvalue weighted by atomic mass is 79.9. The Morgan fingerprint density at radius 3 is 2.77 bits per heavy atom. The summed E-state index contributed by atoms with van der Waals surface area (Å²) in [4.78, 5) is 13.4. The first-order valence-corrected chi connectivity index (χ1v) is 10.8. The van der Waals surface area contributed by atoms with E-state index in [1.165, 1.54) is 24.4 Å². The lowest BCUT2D eigenvalue weighted by atomic mass is 10.5. The van der Waals surface area contributed by atoms with Crippen molar-refractivity contribution in [1.82, 2.24) is 9.71 Å². The summed E-state index contributed by atoms with van der Waals surface area (Å²) in [6.45, 7) is 0. The molecule has 0 aliphatic heterocycles. The molecule has 0 spiro atoms. The second-order valence-electron chi connectivity index (χ2n) is 3.89. The molecule has 0 saturated carbocycles. The van der Waals surface area contributed by atoms with E-state index in [2.05, 4.69) is 20.9 Å². The predicted molar refractivity (Wildman–Crippen MR) is 86.9 cm³/mol. The van der Waals surface area contributed by atoms with Crippen molar-refractivity contribution >= 4 is 56.5 Å². The molecule has 0 aliphatic carbocycles. The number of thiophene rings is 1. The van der Waals surface area contributed by atoms with Gasteiger partial charge >= 0.3 is 7.60 Å². The number of nitrogens with zero attached hydrogens (tertiary/aromatic N) is 1. The van der Waals surface area contributed by atoms with Crippen LogP contribution in [0.5, 0.6) is 5.75 Å². The first kappa shape index (κ1) is 17.9. The summed E-state index contributed by atoms with van der Waals surface area (Å²) in [5, 5.41) is -0.0955. The van der Waals surface area contributed by atoms with Crippen LogP contribution in [0, 0.1) is 0 Å². The van der Waals surface area contributed by atoms with E-state index in [1.807, 2.05) is 4.72 Å². The van der Waals surface area contributed by atoms with Gasteiger partial charge in [-0.2, -0.15) is 4.72 Å². The summed E-state index contributed by atoms with van der Waals surface area (Å²) >= 11 is 9.83. The minimum Gasteiger partial charge on any atom is -0.420 e. The summed E-state index contributed by atoms with van der Waals surface area (Å²) in [6, 6.07) is 5.75. The Morgan fingerprint density at radius 2 is 2.18 bits per heavy atom. The van der Waals surface area contributed by atoms with Crippen LogP contribution >= 0.6 is 46.5 Å². The van der Waals surface area contributed by atoms with Crippen LogP contribution in [-0.4, -0.2) is 24.6 Å². The average molecular weight is 448 g/mol. The van der Waals surface area contributed by atoms with Gasteiger partial charge in [-0.15, -0.1) is 11.3 Å². The average Bonchev–Trinajstić information content (AvgIpc) is 2.87. The molecule has 2 aromatic heterocycles. The van der Waals surface area contributed by atoms with E-state index in [0.717, 1.165) is 11.3 Å². The number of hydrogen-bond donors (Lipinski definition) is 2. The SMILES string of the molecule is O=P(O)(CNS(=O)(=O)c1ccc(Br)s1)Oc1cccnc1Cl. The number of nitrogens with one attached hydrogen (secondary N) is 1. The number of hydrogen-bond acceptors (Lipinski definition) is 6. The van der Waals surface area contributed by atoms with Gasteiger partial charge in [0.05, 0.1) is 3.79 Å². The molecule has 1 atom stereocenters. The molecule has 0 aromatic carbocycles. The number of pyridine rings is 1. The van der Waals surface area contributed by atoms with Crippen molar-refractivity contribution in [3.8, 4) is 5.75 Å². The van der Waals surface area contributed by atoms with E-state index in [1.54, 1.807) is 6.07 Å². The fourth-order valence-electron chi connectivity index (χ4n) is 1.31. The largest absolute Gasteiger partial charge is 0.420 e. The molecule has 2 N–H and O–H groups in total. The standard InChI is InChI=1S/C10H9BrClN2O5PS2/c11-8-3-4-9(21-8)22(17,18)14-6-20(15,16)19-7-2-1-5-13-10(7)12/h1-5,14H,6H2,(H,15,16). The Morgan fingerprint density at radius 1 is 1.45 bits per heavy atom. The molecule has 7 nitrogen and oxygen atoms in total. The Kier molecular flexibility index (Phi) is 5.65. The number of halogens is 2. The van der Waals surface area contributed by atoms with Crippen molar-refractivity contribution in [3.63, 3.8) is 0 Å². The van der Waals surface area contributed by atoms with Gasteiger partial charge in [0.25, 0.3) is 10.0 Å². The van der Waals surface area contributed by atoms with Crippen molar-refractivity contribution < 1.29 is 22.4 Å². The van der Waals surface area contributed by atoms with E-state index in [0.29, 0.717) is 3.79 Å². The van der Waals surface area contributed by atoms with Gasteiger partial charge in [0.1, 0.15) is 10.5 Å². The van der Waals surface area contributed by atoms with Gasteiger partial charge in [-0.05, 0) is 40.2 Å². The van der Waals surface area contributed by atoms with Crippen LogP contribution in [0.4, 0.5) is 0 Å². The van der Waals surface area contributed by atoms with Crippen LogP contribution in [-0.2, 0) is 14.6 Å². The number of sulfonamides is 1. The van der Waals surface area contributed by atoms with E-state index in [-0.39, 0.29) is 15.1 Å². The lowest BCUT2D eigenvalue weighted by Crippen LogP contribution is -2.25. The van der Waals surface area contributed by atoms with Crippen molar-refractivity contribution in [1.29, 1.82) is 0 Å². The Labute approximate surface area is 144 Å². The summed E-state index contributed by atoms with van der Waals surface area (Å²) in [5.41, 5.74) is 0. The van der Waals surface area contributed by atoms with E-state index in [9.17, 15) is 17.9 Å². The lowest BCUT2D eigenvalue weighted by molar-refractivity contribution is 0.377. The van der Waals surface area contributed by atoms with Crippen LogP contribution in [0.15, 0.2) is 38.5 Å². The van der Waals surface area contributed by atoms with Gasteiger partial charge in [-0.3, -0.25) is 0 Å². The molecular formula is C10H9BrClN2O5PS2. The molecule has 0 bridgehead atoms. The van der Waals surface area contributed by atoms with Gasteiger partial charge in [-0.1, -0.05) is 11.6 Å². The molecule has 0 saturated heterocycles. The first-order valence-electron chi connectivity index (χ1n) is 5.56. The second-order valence-corrected chi connectivity index (χ2v) is 10.5. The first-order chi connectivity index (χ1) is 10.2. The van der Waals surface area contributed by atoms with Gasteiger partial charge in [0, 0.05) is 6.20 Å². The van der Waals surface area contributed by atoms with Gasteiger partial charge in [0.2, 0.25) is 0 Å². The van der Waals surface area contributed by atoms with Crippen LogP contribution in [0.2, 0.25) is 5.15 Å². The zero-order valence-electron chi connectivity index (χ0n) is 10.6. The summed E-state index contributed by atoms with van der Waals surface area (Å²) in [6.07, 6.45) is 0.588. The third kappa shape index (κ3) is 4.76. The number of rotatable bonds is 6. The van der Waals surface area contributed by atoms with Crippen LogP contribution in [0.1, 0.15) is 0 Å². The second kappa shape index (κ2) is 6.96.